The van der Waals surface area contributed by atoms with Crippen molar-refractivity contribution in [3.63, 3.8) is 0 Å². The molecule has 2 N–H and O–H groups in total. The molecule has 0 saturated heterocycles. The molecule has 0 spiro atoms. The van der Waals surface area contributed by atoms with E-state index in [9.17, 15) is 9.59 Å². The van der Waals surface area contributed by atoms with E-state index in [2.05, 4.69) is 10.3 Å². The Bertz CT molecular complexity index is 918. The number of fused-ring (bicyclic) bond motifs is 1. The highest BCUT2D eigenvalue weighted by atomic mass is 32.1. The summed E-state index contributed by atoms with van der Waals surface area (Å²) in [5.41, 5.74) is 1.48. The number of aromatic nitrogens is 1. The Labute approximate surface area is 141 Å². The topological polar surface area (TPSA) is 95.0 Å². The summed E-state index contributed by atoms with van der Waals surface area (Å²) in [6.45, 7) is 1.48. The van der Waals surface area contributed by atoms with E-state index >= 15 is 0 Å². The molecule has 2 aromatic heterocycles. The van der Waals surface area contributed by atoms with E-state index in [4.69, 9.17) is 10.00 Å². The van der Waals surface area contributed by atoms with Crippen LogP contribution in [0.3, 0.4) is 0 Å². The lowest BCUT2D eigenvalue weighted by molar-refractivity contribution is -0.123. The van der Waals surface area contributed by atoms with Crippen LogP contribution in [0.25, 0.3) is 10.9 Å². The number of hydrogen-bond acceptors (Lipinski definition) is 5. The predicted molar refractivity (Wildman–Crippen MR) is 90.8 cm³/mol. The fourth-order valence-corrected chi connectivity index (χ4v) is 2.91. The first kappa shape index (κ1) is 15.8. The van der Waals surface area contributed by atoms with Crippen molar-refractivity contribution in [1.82, 2.24) is 4.98 Å². The minimum atomic E-state index is -0.988. The van der Waals surface area contributed by atoms with Crippen LogP contribution in [0, 0.1) is 11.3 Å². The molecule has 0 bridgehead atoms. The van der Waals surface area contributed by atoms with Crippen LogP contribution >= 0.6 is 11.3 Å². The summed E-state index contributed by atoms with van der Waals surface area (Å²) in [6.07, 6.45) is -0.988. The average Bonchev–Trinajstić information content (AvgIpc) is 3.20. The number of carbonyl (C=O) groups is 2. The maximum Gasteiger partial charge on any atom is 0.355 e. The van der Waals surface area contributed by atoms with Gasteiger partial charge in [0.2, 0.25) is 0 Å². The molecule has 0 radical (unpaired) electrons. The van der Waals surface area contributed by atoms with Gasteiger partial charge in [0.1, 0.15) is 16.8 Å². The molecule has 0 saturated carbocycles. The van der Waals surface area contributed by atoms with Crippen molar-refractivity contribution in [3.8, 4) is 6.07 Å². The molecule has 24 heavy (non-hydrogen) atoms. The normalized spacial score (nSPS) is 11.7. The number of esters is 1. The molecule has 6 nitrogen and oxygen atoms in total. The summed E-state index contributed by atoms with van der Waals surface area (Å²) in [5.74, 6) is -1.10. The van der Waals surface area contributed by atoms with E-state index in [1.54, 1.807) is 17.5 Å². The number of benzene rings is 1. The van der Waals surface area contributed by atoms with E-state index in [-0.39, 0.29) is 5.69 Å². The highest BCUT2D eigenvalue weighted by molar-refractivity contribution is 7.14. The molecule has 0 aliphatic heterocycles. The second-order valence-corrected chi connectivity index (χ2v) is 6.00. The lowest BCUT2D eigenvalue weighted by Gasteiger charge is -2.12. The molecule has 0 fully saturated rings. The van der Waals surface area contributed by atoms with Gasteiger partial charge in [-0.25, -0.2) is 4.79 Å². The first-order valence-corrected chi connectivity index (χ1v) is 8.03. The van der Waals surface area contributed by atoms with Crippen molar-refractivity contribution >= 4 is 39.1 Å². The summed E-state index contributed by atoms with van der Waals surface area (Å²) >= 11 is 1.24. The lowest BCUT2D eigenvalue weighted by Crippen LogP contribution is -2.30. The van der Waals surface area contributed by atoms with Crippen molar-refractivity contribution in [2.45, 2.75) is 13.0 Å². The zero-order chi connectivity index (χ0) is 17.1. The lowest BCUT2D eigenvalue weighted by atomic mass is 10.2. The third kappa shape index (κ3) is 3.14. The molecule has 3 aromatic rings. The molecule has 0 unspecified atom stereocenters. The zero-order valence-electron chi connectivity index (χ0n) is 12.7. The Morgan fingerprint density at radius 2 is 2.12 bits per heavy atom. The molecule has 0 aliphatic carbocycles. The number of rotatable bonds is 4. The van der Waals surface area contributed by atoms with E-state index in [1.165, 1.54) is 18.3 Å². The number of aromatic amines is 1. The van der Waals surface area contributed by atoms with Gasteiger partial charge in [0, 0.05) is 10.9 Å². The molecule has 3 rings (SSSR count). The fourth-order valence-electron chi connectivity index (χ4n) is 2.17. The highest BCUT2D eigenvalue weighted by Crippen LogP contribution is 2.22. The summed E-state index contributed by atoms with van der Waals surface area (Å²) < 4.78 is 5.19. The monoisotopic (exact) mass is 339 g/mol. The SMILES string of the molecule is C[C@@H](OC(=O)c1cc2ccccc2[nH]1)C(=O)Nc1sccc1C#N. The average molecular weight is 339 g/mol. The third-order valence-corrected chi connectivity index (χ3v) is 4.26. The quantitative estimate of drug-likeness (QED) is 0.713. The summed E-state index contributed by atoms with van der Waals surface area (Å²) in [6, 6.07) is 12.7. The van der Waals surface area contributed by atoms with Gasteiger partial charge in [-0.1, -0.05) is 18.2 Å². The molecule has 7 heteroatoms. The minimum absolute atomic E-state index is 0.282. The van der Waals surface area contributed by atoms with E-state index in [1.807, 2.05) is 30.3 Å². The Morgan fingerprint density at radius 1 is 1.33 bits per heavy atom. The van der Waals surface area contributed by atoms with Gasteiger partial charge in [-0.15, -0.1) is 11.3 Å². The van der Waals surface area contributed by atoms with Gasteiger partial charge in [0.15, 0.2) is 6.10 Å². The van der Waals surface area contributed by atoms with Crippen LogP contribution in [-0.4, -0.2) is 23.0 Å². The van der Waals surface area contributed by atoms with Gasteiger partial charge >= 0.3 is 5.97 Å². The number of nitrogens with zero attached hydrogens (tertiary/aromatic N) is 1. The van der Waals surface area contributed by atoms with Crippen LogP contribution < -0.4 is 5.32 Å². The van der Waals surface area contributed by atoms with Gasteiger partial charge in [-0.05, 0) is 30.5 Å². The van der Waals surface area contributed by atoms with Gasteiger partial charge < -0.3 is 15.0 Å². The second-order valence-electron chi connectivity index (χ2n) is 5.08. The zero-order valence-corrected chi connectivity index (χ0v) is 13.5. The number of ether oxygens (including phenoxy) is 1. The van der Waals surface area contributed by atoms with Crippen molar-refractivity contribution in [1.29, 1.82) is 5.26 Å². The van der Waals surface area contributed by atoms with Crippen molar-refractivity contribution < 1.29 is 14.3 Å². The van der Waals surface area contributed by atoms with Crippen LogP contribution in [0.4, 0.5) is 5.00 Å². The number of hydrogen-bond donors (Lipinski definition) is 2. The third-order valence-electron chi connectivity index (χ3n) is 3.43. The van der Waals surface area contributed by atoms with Crippen LogP contribution in [0.2, 0.25) is 0 Å². The number of H-pyrrole nitrogens is 1. The fraction of sp³-hybridized carbons (Fsp3) is 0.118. The molecule has 2 heterocycles. The molecular weight excluding hydrogens is 326 g/mol. The van der Waals surface area contributed by atoms with Crippen molar-refractivity contribution in [3.05, 3.63) is 53.0 Å². The maximum absolute atomic E-state index is 12.2. The van der Waals surface area contributed by atoms with E-state index in [0.717, 1.165) is 10.9 Å². The summed E-state index contributed by atoms with van der Waals surface area (Å²) in [7, 11) is 0. The van der Waals surface area contributed by atoms with Crippen molar-refractivity contribution in [2.24, 2.45) is 0 Å². The molecular formula is C17H13N3O3S. The molecule has 1 atom stereocenters. The van der Waals surface area contributed by atoms with Crippen molar-refractivity contribution in [2.75, 3.05) is 5.32 Å². The Morgan fingerprint density at radius 3 is 2.88 bits per heavy atom. The Balaban J connectivity index is 1.67. The number of para-hydroxylation sites is 1. The first-order valence-electron chi connectivity index (χ1n) is 7.15. The minimum Gasteiger partial charge on any atom is -0.448 e. The van der Waals surface area contributed by atoms with Gasteiger partial charge in [0.25, 0.3) is 5.91 Å². The van der Waals surface area contributed by atoms with Gasteiger partial charge in [0.05, 0.1) is 5.56 Å². The summed E-state index contributed by atoms with van der Waals surface area (Å²) in [4.78, 5) is 27.2. The van der Waals surface area contributed by atoms with Crippen LogP contribution in [-0.2, 0) is 9.53 Å². The molecule has 120 valence electrons. The van der Waals surface area contributed by atoms with Crippen LogP contribution in [0.15, 0.2) is 41.8 Å². The Hall–Kier alpha value is -3.11. The highest BCUT2D eigenvalue weighted by Gasteiger charge is 2.21. The second kappa shape index (κ2) is 6.56. The Kier molecular flexibility index (Phi) is 4.31. The number of amides is 1. The smallest absolute Gasteiger partial charge is 0.355 e. The van der Waals surface area contributed by atoms with Gasteiger partial charge in [-0.3, -0.25) is 4.79 Å². The molecule has 1 aromatic carbocycles. The standard InChI is InChI=1S/C17H13N3O3S/c1-10(15(21)20-16-12(9-18)6-7-24-16)23-17(22)14-8-11-4-2-3-5-13(11)19-14/h2-8,10,19H,1H3,(H,20,21)/t10-/m1/s1. The van der Waals surface area contributed by atoms with Gasteiger partial charge in [-0.2, -0.15) is 5.26 Å². The summed E-state index contributed by atoms with van der Waals surface area (Å²) in [5, 5.41) is 14.6. The number of nitriles is 1. The maximum atomic E-state index is 12.2. The molecule has 0 aliphatic rings. The number of nitrogens with one attached hydrogen (secondary N) is 2. The number of carbonyl (C=O) groups excluding carboxylic acids is 2. The number of thiophene rings is 1. The number of anilines is 1. The largest absolute Gasteiger partial charge is 0.448 e. The molecule has 1 amide bonds. The van der Waals surface area contributed by atoms with Crippen LogP contribution in [0.5, 0.6) is 0 Å². The predicted octanol–water partition coefficient (Wildman–Crippen LogP) is 3.29. The first-order chi connectivity index (χ1) is 11.6. The van der Waals surface area contributed by atoms with Crippen LogP contribution in [0.1, 0.15) is 23.0 Å². The van der Waals surface area contributed by atoms with E-state index < -0.39 is 18.0 Å². The van der Waals surface area contributed by atoms with E-state index in [0.29, 0.717) is 10.6 Å².